The number of thioether (sulfide) groups is 1. The van der Waals surface area contributed by atoms with Crippen LogP contribution in [0.25, 0.3) is 5.69 Å². The molecule has 0 radical (unpaired) electrons. The van der Waals surface area contributed by atoms with Crippen LogP contribution in [0.4, 0.5) is 4.39 Å². The summed E-state index contributed by atoms with van der Waals surface area (Å²) in [7, 11) is 0. The first-order valence-corrected chi connectivity index (χ1v) is 8.50. The minimum atomic E-state index is -0.430. The molecule has 7 heteroatoms. The summed E-state index contributed by atoms with van der Waals surface area (Å²) in [4.78, 5) is 0. The van der Waals surface area contributed by atoms with Crippen molar-refractivity contribution in [1.82, 2.24) is 14.8 Å². The molecule has 1 unspecified atom stereocenters. The molecule has 25 heavy (non-hydrogen) atoms. The first kappa shape index (κ1) is 17.0. The minimum absolute atomic E-state index is 0.0598. The van der Waals surface area contributed by atoms with Gasteiger partial charge in [0.25, 0.3) is 0 Å². The number of hydrogen-bond donors (Lipinski definition) is 0. The molecule has 0 spiro atoms. The van der Waals surface area contributed by atoms with E-state index in [0.717, 1.165) is 5.69 Å². The Morgan fingerprint density at radius 2 is 1.88 bits per heavy atom. The average molecular weight is 354 g/mol. The van der Waals surface area contributed by atoms with Gasteiger partial charge in [-0.1, -0.05) is 42.1 Å². The molecule has 0 N–H and O–H groups in total. The highest BCUT2D eigenvalue weighted by atomic mass is 32.2. The van der Waals surface area contributed by atoms with Crippen molar-refractivity contribution in [1.29, 1.82) is 5.26 Å². The molecule has 2 aromatic carbocycles. The van der Waals surface area contributed by atoms with Gasteiger partial charge in [-0.3, -0.25) is 4.57 Å². The fraction of sp³-hybridized carbons (Fsp3) is 0.167. The van der Waals surface area contributed by atoms with E-state index in [9.17, 15) is 4.39 Å². The van der Waals surface area contributed by atoms with Crippen LogP contribution in [0, 0.1) is 17.1 Å². The Morgan fingerprint density at radius 3 is 2.60 bits per heavy atom. The highest BCUT2D eigenvalue weighted by molar-refractivity contribution is 8.00. The lowest BCUT2D eigenvalue weighted by molar-refractivity contribution is 0.278. The Morgan fingerprint density at radius 1 is 1.16 bits per heavy atom. The van der Waals surface area contributed by atoms with E-state index in [0.29, 0.717) is 11.0 Å². The highest BCUT2D eigenvalue weighted by Gasteiger charge is 2.17. The summed E-state index contributed by atoms with van der Waals surface area (Å²) in [5.41, 5.74) is 0.854. The third-order valence-corrected chi connectivity index (χ3v) is 4.31. The van der Waals surface area contributed by atoms with Crippen molar-refractivity contribution in [3.63, 3.8) is 0 Å². The molecular weight excluding hydrogens is 339 g/mol. The number of hydrogen-bond acceptors (Lipinski definition) is 5. The second-order valence-electron chi connectivity index (χ2n) is 5.18. The zero-order valence-corrected chi connectivity index (χ0v) is 14.3. The maximum atomic E-state index is 13.7. The molecule has 1 atom stereocenters. The molecule has 126 valence electrons. The quantitative estimate of drug-likeness (QED) is 0.626. The van der Waals surface area contributed by atoms with Gasteiger partial charge in [-0.25, -0.2) is 4.39 Å². The fourth-order valence-electron chi connectivity index (χ4n) is 2.20. The van der Waals surface area contributed by atoms with Gasteiger partial charge < -0.3 is 4.74 Å². The molecule has 0 saturated heterocycles. The van der Waals surface area contributed by atoms with Crippen LogP contribution in [-0.2, 0) is 6.61 Å². The molecule has 0 amide bonds. The van der Waals surface area contributed by atoms with Crippen LogP contribution < -0.4 is 4.74 Å². The fourth-order valence-corrected chi connectivity index (χ4v) is 2.97. The summed E-state index contributed by atoms with van der Waals surface area (Å²) in [5, 5.41) is 17.7. The molecule has 0 aliphatic rings. The number of rotatable bonds is 6. The van der Waals surface area contributed by atoms with E-state index < -0.39 is 5.82 Å². The van der Waals surface area contributed by atoms with Crippen LogP contribution in [0.5, 0.6) is 5.75 Å². The largest absolute Gasteiger partial charge is 0.483 e. The van der Waals surface area contributed by atoms with E-state index in [-0.39, 0.29) is 17.6 Å². The van der Waals surface area contributed by atoms with Gasteiger partial charge in [0.2, 0.25) is 0 Å². The Hall–Kier alpha value is -2.85. The lowest BCUT2D eigenvalue weighted by Crippen LogP contribution is -2.08. The van der Waals surface area contributed by atoms with E-state index in [4.69, 9.17) is 10.00 Å². The van der Waals surface area contributed by atoms with Crippen molar-refractivity contribution in [2.75, 3.05) is 0 Å². The molecule has 1 aromatic heterocycles. The van der Waals surface area contributed by atoms with Crippen LogP contribution in [-0.4, -0.2) is 20.0 Å². The van der Waals surface area contributed by atoms with Gasteiger partial charge in [0.05, 0.1) is 11.3 Å². The topological polar surface area (TPSA) is 63.7 Å². The van der Waals surface area contributed by atoms with Crippen molar-refractivity contribution >= 4 is 11.8 Å². The van der Waals surface area contributed by atoms with Crippen LogP contribution >= 0.6 is 11.8 Å². The highest BCUT2D eigenvalue weighted by Crippen LogP contribution is 2.26. The summed E-state index contributed by atoms with van der Waals surface area (Å²) < 4.78 is 21.1. The van der Waals surface area contributed by atoms with Crippen molar-refractivity contribution in [2.45, 2.75) is 23.9 Å². The maximum absolute atomic E-state index is 13.7. The van der Waals surface area contributed by atoms with E-state index in [1.807, 2.05) is 34.9 Å². The van der Waals surface area contributed by atoms with Crippen molar-refractivity contribution < 1.29 is 9.13 Å². The van der Waals surface area contributed by atoms with E-state index in [1.165, 1.54) is 17.8 Å². The number of halogens is 1. The molecular formula is C18H15FN4OS. The number of nitriles is 1. The summed E-state index contributed by atoms with van der Waals surface area (Å²) in [6.07, 6.45) is 0. The first-order valence-electron chi connectivity index (χ1n) is 7.62. The minimum Gasteiger partial charge on any atom is -0.483 e. The Bertz CT molecular complexity index is 892. The zero-order chi connectivity index (χ0) is 17.6. The molecule has 0 aliphatic carbocycles. The van der Waals surface area contributed by atoms with Crippen LogP contribution in [0.3, 0.4) is 0 Å². The van der Waals surface area contributed by atoms with Gasteiger partial charge in [-0.05, 0) is 31.2 Å². The Labute approximate surface area is 149 Å². The Balaban J connectivity index is 1.91. The monoisotopic (exact) mass is 354 g/mol. The third kappa shape index (κ3) is 3.98. The molecule has 1 heterocycles. The number of aromatic nitrogens is 3. The van der Waals surface area contributed by atoms with Crippen LogP contribution in [0.1, 0.15) is 12.7 Å². The predicted molar refractivity (Wildman–Crippen MR) is 93.0 cm³/mol. The van der Waals surface area contributed by atoms with Gasteiger partial charge in [0.1, 0.15) is 6.61 Å². The second-order valence-corrected chi connectivity index (χ2v) is 6.49. The van der Waals surface area contributed by atoms with Crippen LogP contribution in [0.2, 0.25) is 0 Å². The lowest BCUT2D eigenvalue weighted by atomic mass is 10.3. The normalized spacial score (nSPS) is 11.7. The Kier molecular flexibility index (Phi) is 5.31. The molecule has 0 saturated carbocycles. The summed E-state index contributed by atoms with van der Waals surface area (Å²) in [5.74, 6) is 0.257. The van der Waals surface area contributed by atoms with Gasteiger partial charge in [-0.15, -0.1) is 10.2 Å². The standard InChI is InChI=1S/C18H15FN4OS/c1-13(11-20)25-18-22-21-17(23(18)14-7-3-2-4-8-14)12-24-16-10-6-5-9-15(16)19/h2-10,13H,12H2,1H3. The van der Waals surface area contributed by atoms with Crippen LogP contribution in [0.15, 0.2) is 59.8 Å². The average Bonchev–Trinajstić information content (AvgIpc) is 3.04. The van der Waals surface area contributed by atoms with E-state index >= 15 is 0 Å². The van der Waals surface area contributed by atoms with Crippen molar-refractivity contribution in [2.24, 2.45) is 0 Å². The second kappa shape index (κ2) is 7.81. The third-order valence-electron chi connectivity index (χ3n) is 3.37. The molecule has 0 bridgehead atoms. The molecule has 0 fully saturated rings. The predicted octanol–water partition coefficient (Wildman–Crippen LogP) is 3.99. The van der Waals surface area contributed by atoms with E-state index in [2.05, 4.69) is 16.3 Å². The summed E-state index contributed by atoms with van der Waals surface area (Å²) in [6, 6.07) is 17.9. The van der Waals surface area contributed by atoms with Crippen molar-refractivity contribution in [3.05, 3.63) is 66.2 Å². The molecule has 3 rings (SSSR count). The van der Waals surface area contributed by atoms with Gasteiger partial charge >= 0.3 is 0 Å². The number of para-hydroxylation sites is 2. The molecule has 0 aliphatic heterocycles. The molecule has 3 aromatic rings. The van der Waals surface area contributed by atoms with Crippen molar-refractivity contribution in [3.8, 4) is 17.5 Å². The summed E-state index contributed by atoms with van der Waals surface area (Å²) >= 11 is 1.31. The number of ether oxygens (including phenoxy) is 1. The lowest BCUT2D eigenvalue weighted by Gasteiger charge is -2.11. The molecule has 5 nitrogen and oxygen atoms in total. The maximum Gasteiger partial charge on any atom is 0.197 e. The van der Waals surface area contributed by atoms with Gasteiger partial charge in [-0.2, -0.15) is 5.26 Å². The summed E-state index contributed by atoms with van der Waals surface area (Å²) in [6.45, 7) is 1.86. The van der Waals surface area contributed by atoms with Gasteiger partial charge in [0, 0.05) is 5.69 Å². The number of nitrogens with zero attached hydrogens (tertiary/aromatic N) is 4. The smallest absolute Gasteiger partial charge is 0.197 e. The number of benzene rings is 2. The first-order chi connectivity index (χ1) is 12.2. The SMILES string of the molecule is CC(C#N)Sc1nnc(COc2ccccc2F)n1-c1ccccc1. The van der Waals surface area contributed by atoms with E-state index in [1.54, 1.807) is 25.1 Å². The zero-order valence-electron chi connectivity index (χ0n) is 13.5. The van der Waals surface area contributed by atoms with Gasteiger partial charge in [0.15, 0.2) is 22.5 Å².